The third-order valence-corrected chi connectivity index (χ3v) is 4.69. The average Bonchev–Trinajstić information content (AvgIpc) is 2.69. The lowest BCUT2D eigenvalue weighted by Crippen LogP contribution is -2.38. The van der Waals surface area contributed by atoms with Crippen molar-refractivity contribution in [2.75, 3.05) is 13.1 Å². The van der Waals surface area contributed by atoms with E-state index in [0.29, 0.717) is 0 Å². The van der Waals surface area contributed by atoms with Gasteiger partial charge in [0.2, 0.25) is 0 Å². The number of benzene rings is 1. The van der Waals surface area contributed by atoms with Crippen LogP contribution in [0.15, 0.2) is 30.3 Å². The predicted octanol–water partition coefficient (Wildman–Crippen LogP) is 1.69. The molecule has 1 saturated carbocycles. The minimum Gasteiger partial charge on any atom is -0.393 e. The number of fused-ring (bicyclic) bond motifs is 1. The lowest BCUT2D eigenvalue weighted by molar-refractivity contribution is 0.164. The van der Waals surface area contributed by atoms with E-state index in [1.54, 1.807) is 0 Å². The molecule has 3 atom stereocenters. The number of aliphatic hydroxyl groups is 1. The Morgan fingerprint density at radius 3 is 2.69 bits per heavy atom. The summed E-state index contributed by atoms with van der Waals surface area (Å²) in [5.74, 6) is 0. The smallest absolute Gasteiger partial charge is 0.0555 e. The first-order chi connectivity index (χ1) is 7.66. The molecule has 1 saturated heterocycles. The summed E-state index contributed by atoms with van der Waals surface area (Å²) in [4.78, 5) is 0. The van der Waals surface area contributed by atoms with E-state index in [0.717, 1.165) is 25.9 Å². The first-order valence-electron chi connectivity index (χ1n) is 6.11. The Bertz CT molecular complexity index is 391. The first-order valence-corrected chi connectivity index (χ1v) is 6.11. The van der Waals surface area contributed by atoms with Gasteiger partial charge in [-0.1, -0.05) is 37.3 Å². The van der Waals surface area contributed by atoms with Gasteiger partial charge in [-0.25, -0.2) is 0 Å². The second kappa shape index (κ2) is 3.31. The molecule has 0 aromatic heterocycles. The second-order valence-corrected chi connectivity index (χ2v) is 5.67. The molecule has 0 spiro atoms. The Morgan fingerprint density at radius 2 is 1.94 bits per heavy atom. The van der Waals surface area contributed by atoms with E-state index < -0.39 is 0 Å². The van der Waals surface area contributed by atoms with Gasteiger partial charge in [-0.2, -0.15) is 0 Å². The summed E-state index contributed by atoms with van der Waals surface area (Å²) >= 11 is 0. The Balaban J connectivity index is 2.09. The fraction of sp³-hybridized carbons (Fsp3) is 0.571. The van der Waals surface area contributed by atoms with Crippen LogP contribution < -0.4 is 5.32 Å². The molecule has 1 aromatic carbocycles. The Labute approximate surface area is 96.7 Å². The number of aliphatic hydroxyl groups excluding tert-OH is 1. The summed E-state index contributed by atoms with van der Waals surface area (Å²) in [6.45, 7) is 4.35. The summed E-state index contributed by atoms with van der Waals surface area (Å²) in [6, 6.07) is 10.7. The maximum absolute atomic E-state index is 10.00. The fourth-order valence-electron chi connectivity index (χ4n) is 3.84. The van der Waals surface area contributed by atoms with Crippen molar-refractivity contribution in [3.8, 4) is 0 Å². The number of rotatable bonds is 1. The molecule has 2 N–H and O–H groups in total. The highest BCUT2D eigenvalue weighted by atomic mass is 16.3. The monoisotopic (exact) mass is 217 g/mol. The molecular weight excluding hydrogens is 198 g/mol. The maximum Gasteiger partial charge on any atom is 0.0555 e. The van der Waals surface area contributed by atoms with Crippen LogP contribution in [0.3, 0.4) is 0 Å². The molecule has 1 aliphatic heterocycles. The highest BCUT2D eigenvalue weighted by molar-refractivity contribution is 5.34. The van der Waals surface area contributed by atoms with E-state index in [4.69, 9.17) is 0 Å². The van der Waals surface area contributed by atoms with Crippen LogP contribution in [-0.2, 0) is 5.41 Å². The van der Waals surface area contributed by atoms with Crippen molar-refractivity contribution in [3.63, 3.8) is 0 Å². The van der Waals surface area contributed by atoms with Gasteiger partial charge in [0, 0.05) is 18.5 Å². The third kappa shape index (κ3) is 1.20. The standard InChI is InChI=1S/C14H19NO/c1-13-7-12(16)8-14(13,10-15-9-13)11-5-3-2-4-6-11/h2-6,12,15-16H,7-10H2,1H3. The zero-order valence-corrected chi connectivity index (χ0v) is 9.74. The molecule has 0 radical (unpaired) electrons. The molecule has 2 fully saturated rings. The Kier molecular flexibility index (Phi) is 2.13. The van der Waals surface area contributed by atoms with Crippen molar-refractivity contribution < 1.29 is 5.11 Å². The molecule has 1 aromatic rings. The minimum absolute atomic E-state index is 0.132. The van der Waals surface area contributed by atoms with E-state index in [9.17, 15) is 5.11 Å². The van der Waals surface area contributed by atoms with Crippen LogP contribution in [-0.4, -0.2) is 24.3 Å². The van der Waals surface area contributed by atoms with Gasteiger partial charge >= 0.3 is 0 Å². The number of hydrogen-bond donors (Lipinski definition) is 2. The molecule has 2 heteroatoms. The summed E-state index contributed by atoms with van der Waals surface area (Å²) in [7, 11) is 0. The molecule has 2 nitrogen and oxygen atoms in total. The molecular formula is C14H19NO. The molecule has 0 bridgehead atoms. The van der Waals surface area contributed by atoms with E-state index in [2.05, 4.69) is 42.6 Å². The van der Waals surface area contributed by atoms with Gasteiger partial charge in [-0.05, 0) is 23.8 Å². The lowest BCUT2D eigenvalue weighted by atomic mass is 9.65. The first kappa shape index (κ1) is 10.3. The topological polar surface area (TPSA) is 32.3 Å². The summed E-state index contributed by atoms with van der Waals surface area (Å²) in [5.41, 5.74) is 1.75. The van der Waals surface area contributed by atoms with Crippen LogP contribution in [0.5, 0.6) is 0 Å². The van der Waals surface area contributed by atoms with Crippen molar-refractivity contribution in [1.29, 1.82) is 0 Å². The highest BCUT2D eigenvalue weighted by Crippen LogP contribution is 2.56. The fourth-order valence-corrected chi connectivity index (χ4v) is 3.84. The van der Waals surface area contributed by atoms with E-state index >= 15 is 0 Å². The van der Waals surface area contributed by atoms with Crippen molar-refractivity contribution >= 4 is 0 Å². The summed E-state index contributed by atoms with van der Waals surface area (Å²) in [5, 5.41) is 13.5. The van der Waals surface area contributed by atoms with Gasteiger partial charge in [0.05, 0.1) is 6.10 Å². The average molecular weight is 217 g/mol. The van der Waals surface area contributed by atoms with Crippen molar-refractivity contribution in [1.82, 2.24) is 5.32 Å². The van der Waals surface area contributed by atoms with Crippen LogP contribution in [0.2, 0.25) is 0 Å². The van der Waals surface area contributed by atoms with Crippen molar-refractivity contribution in [2.45, 2.75) is 31.3 Å². The summed E-state index contributed by atoms with van der Waals surface area (Å²) < 4.78 is 0. The van der Waals surface area contributed by atoms with Gasteiger partial charge in [0.15, 0.2) is 0 Å². The molecule has 1 heterocycles. The molecule has 16 heavy (non-hydrogen) atoms. The number of nitrogens with one attached hydrogen (secondary N) is 1. The minimum atomic E-state index is -0.132. The lowest BCUT2D eigenvalue weighted by Gasteiger charge is -2.37. The predicted molar refractivity (Wildman–Crippen MR) is 64.3 cm³/mol. The normalized spacial score (nSPS) is 42.2. The van der Waals surface area contributed by atoms with Crippen LogP contribution >= 0.6 is 0 Å². The molecule has 3 rings (SSSR count). The van der Waals surface area contributed by atoms with Crippen molar-refractivity contribution in [3.05, 3.63) is 35.9 Å². The van der Waals surface area contributed by atoms with Gasteiger partial charge in [0.1, 0.15) is 0 Å². The molecule has 3 unspecified atom stereocenters. The van der Waals surface area contributed by atoms with E-state index in [1.165, 1.54) is 5.56 Å². The van der Waals surface area contributed by atoms with Gasteiger partial charge < -0.3 is 10.4 Å². The molecule has 0 amide bonds. The zero-order valence-electron chi connectivity index (χ0n) is 9.74. The number of hydrogen-bond acceptors (Lipinski definition) is 2. The van der Waals surface area contributed by atoms with Crippen LogP contribution in [0.25, 0.3) is 0 Å². The van der Waals surface area contributed by atoms with E-state index in [-0.39, 0.29) is 16.9 Å². The van der Waals surface area contributed by atoms with Crippen molar-refractivity contribution in [2.24, 2.45) is 5.41 Å². The molecule has 2 aliphatic rings. The molecule has 86 valence electrons. The van der Waals surface area contributed by atoms with Gasteiger partial charge in [0.25, 0.3) is 0 Å². The third-order valence-electron chi connectivity index (χ3n) is 4.69. The quantitative estimate of drug-likeness (QED) is 0.750. The Morgan fingerprint density at radius 1 is 1.19 bits per heavy atom. The van der Waals surface area contributed by atoms with Gasteiger partial charge in [-0.3, -0.25) is 0 Å². The highest BCUT2D eigenvalue weighted by Gasteiger charge is 2.58. The van der Waals surface area contributed by atoms with E-state index in [1.807, 2.05) is 0 Å². The zero-order chi connectivity index (χ0) is 11.2. The largest absolute Gasteiger partial charge is 0.393 e. The SMILES string of the molecule is CC12CNCC1(c1ccccc1)CC(O)C2. The Hall–Kier alpha value is -0.860. The molecule has 1 aliphatic carbocycles. The van der Waals surface area contributed by atoms with Crippen LogP contribution in [0, 0.1) is 5.41 Å². The van der Waals surface area contributed by atoms with Gasteiger partial charge in [-0.15, -0.1) is 0 Å². The maximum atomic E-state index is 10.00. The summed E-state index contributed by atoms with van der Waals surface area (Å²) in [6.07, 6.45) is 1.70. The second-order valence-electron chi connectivity index (χ2n) is 5.67. The van der Waals surface area contributed by atoms with Crippen LogP contribution in [0.4, 0.5) is 0 Å². The van der Waals surface area contributed by atoms with Crippen LogP contribution in [0.1, 0.15) is 25.3 Å².